The number of rotatable bonds is 7. The van der Waals surface area contributed by atoms with Gasteiger partial charge in [0.05, 0.1) is 12.2 Å². The average Bonchev–Trinajstić information content (AvgIpc) is 3.24. The zero-order valence-electron chi connectivity index (χ0n) is 22.6. The molecule has 0 aromatic heterocycles. The van der Waals surface area contributed by atoms with E-state index in [9.17, 15) is 22.8 Å². The van der Waals surface area contributed by atoms with E-state index in [0.29, 0.717) is 43.1 Å². The molecule has 2 aliphatic rings. The number of carbonyl (C=O) groups excluding carboxylic acids is 1. The fourth-order valence-electron chi connectivity index (χ4n) is 5.58. The summed E-state index contributed by atoms with van der Waals surface area (Å²) in [5, 5.41) is 9.13. The van der Waals surface area contributed by atoms with Crippen molar-refractivity contribution in [2.45, 2.75) is 32.7 Å². The van der Waals surface area contributed by atoms with Crippen LogP contribution >= 0.6 is 0 Å². The number of hydrogen-bond donors (Lipinski definition) is 2. The highest BCUT2D eigenvalue weighted by molar-refractivity contribution is 5.97. The average molecular weight is 557 g/mol. The van der Waals surface area contributed by atoms with E-state index < -0.39 is 23.4 Å². The van der Waals surface area contributed by atoms with E-state index in [0.717, 1.165) is 43.6 Å². The van der Waals surface area contributed by atoms with Crippen LogP contribution in [0.25, 0.3) is 11.1 Å². The Labute approximate surface area is 230 Å². The number of nitrogens with zero attached hydrogens (tertiary/aromatic N) is 2. The fourth-order valence-corrected chi connectivity index (χ4v) is 5.58. The second-order valence-electron chi connectivity index (χ2n) is 10.3. The van der Waals surface area contributed by atoms with Gasteiger partial charge in [-0.15, -0.1) is 0 Å². The molecule has 10 heteroatoms. The summed E-state index contributed by atoms with van der Waals surface area (Å²) >= 11 is 0. The largest absolute Gasteiger partial charge is 0.494 e. The molecule has 212 valence electrons. The molecule has 3 aromatic rings. The van der Waals surface area contributed by atoms with E-state index in [-0.39, 0.29) is 28.6 Å². The van der Waals surface area contributed by atoms with Crippen molar-refractivity contribution in [2.75, 3.05) is 31.1 Å². The smallest absolute Gasteiger partial charge is 0.335 e. The second-order valence-corrected chi connectivity index (χ2v) is 10.3. The standard InChI is InChI=1S/C30H29F3N2O4.H3N/c1-2-39-24-12-19(11-21(13-24)22-14-25(31)28(33)26(32)15-22)17-34-9-7-30(8-10-34)16-27(36)35(18-30)23-5-3-20(4-6-23)29(37)38;/h3-6,11-15H,2,7-10,16-18H2,1H3,(H,37,38);1H3/p+1. The van der Waals surface area contributed by atoms with Gasteiger partial charge >= 0.3 is 5.97 Å². The molecule has 2 fully saturated rings. The summed E-state index contributed by atoms with van der Waals surface area (Å²) < 4.78 is 47.0. The Hall–Kier alpha value is -3.89. The van der Waals surface area contributed by atoms with Crippen LogP contribution < -0.4 is 15.8 Å². The number of ether oxygens (including phenoxy) is 1. The number of aromatic carboxylic acids is 1. The van der Waals surface area contributed by atoms with Gasteiger partial charge in [-0.2, -0.15) is 0 Å². The van der Waals surface area contributed by atoms with Crippen LogP contribution in [0.4, 0.5) is 18.9 Å². The van der Waals surface area contributed by atoms with Crippen molar-refractivity contribution in [3.63, 3.8) is 0 Å². The van der Waals surface area contributed by atoms with Crippen molar-refractivity contribution in [1.82, 2.24) is 11.1 Å². The second kappa shape index (κ2) is 11.7. The molecule has 7 nitrogen and oxygen atoms in total. The molecule has 5 rings (SSSR count). The van der Waals surface area contributed by atoms with Gasteiger partial charge < -0.3 is 20.9 Å². The normalized spacial score (nSPS) is 16.7. The number of amides is 1. The third-order valence-electron chi connectivity index (χ3n) is 7.66. The molecular weight excluding hydrogens is 523 g/mol. The first-order valence-corrected chi connectivity index (χ1v) is 12.9. The minimum absolute atomic E-state index is 0. The SMILES string of the molecule is CCOc1cc(CN2CCC3(CC2)CC(=O)N(c2ccc(C(=O)O)cc2)C3)cc(-c2cc(F)c(F)c(F)c2)c1.[NH4+]. The van der Waals surface area contributed by atoms with E-state index in [1.807, 2.05) is 19.1 Å². The number of halogens is 3. The number of piperidine rings is 1. The molecule has 0 unspecified atom stereocenters. The lowest BCUT2D eigenvalue weighted by Gasteiger charge is -2.39. The van der Waals surface area contributed by atoms with Gasteiger partial charge in [0.2, 0.25) is 5.91 Å². The van der Waals surface area contributed by atoms with Gasteiger partial charge in [-0.05, 0) is 110 Å². The molecule has 2 saturated heterocycles. The van der Waals surface area contributed by atoms with Crippen LogP contribution in [-0.4, -0.2) is 48.1 Å². The van der Waals surface area contributed by atoms with Crippen LogP contribution in [0.3, 0.4) is 0 Å². The van der Waals surface area contributed by atoms with Crippen LogP contribution in [0.1, 0.15) is 42.1 Å². The van der Waals surface area contributed by atoms with Crippen molar-refractivity contribution >= 4 is 17.6 Å². The van der Waals surface area contributed by atoms with Gasteiger partial charge in [0.25, 0.3) is 0 Å². The number of carboxylic acid groups (broad SMARTS) is 1. The molecule has 0 saturated carbocycles. The maximum Gasteiger partial charge on any atom is 0.335 e. The molecular formula is C30H33F3N3O4+. The topological polar surface area (TPSA) is 107 Å². The summed E-state index contributed by atoms with van der Waals surface area (Å²) in [6.45, 7) is 4.99. The molecule has 0 radical (unpaired) electrons. The highest BCUT2D eigenvalue weighted by Crippen LogP contribution is 2.43. The quantitative estimate of drug-likeness (QED) is 0.334. The van der Waals surface area contributed by atoms with Gasteiger partial charge in [-0.3, -0.25) is 9.69 Å². The van der Waals surface area contributed by atoms with Crippen molar-refractivity contribution in [2.24, 2.45) is 5.41 Å². The Balaban J connectivity index is 0.00000370. The molecule has 0 atom stereocenters. The molecule has 0 bridgehead atoms. The maximum absolute atomic E-state index is 13.9. The maximum atomic E-state index is 13.9. The Morgan fingerprint density at radius 3 is 2.20 bits per heavy atom. The number of carboxylic acids is 1. The predicted molar refractivity (Wildman–Crippen MR) is 146 cm³/mol. The fraction of sp³-hybridized carbons (Fsp3) is 0.333. The highest BCUT2D eigenvalue weighted by atomic mass is 19.2. The first-order chi connectivity index (χ1) is 18.7. The van der Waals surface area contributed by atoms with Crippen molar-refractivity contribution in [1.29, 1.82) is 0 Å². The highest BCUT2D eigenvalue weighted by Gasteiger charge is 2.45. The van der Waals surface area contributed by atoms with Crippen molar-refractivity contribution < 1.29 is 32.6 Å². The lowest BCUT2D eigenvalue weighted by atomic mass is 9.77. The first kappa shape index (κ1) is 29.1. The zero-order valence-corrected chi connectivity index (χ0v) is 22.6. The van der Waals surface area contributed by atoms with Gasteiger partial charge in [0, 0.05) is 25.2 Å². The molecule has 1 amide bonds. The van der Waals surface area contributed by atoms with E-state index >= 15 is 0 Å². The Kier molecular flexibility index (Phi) is 8.51. The summed E-state index contributed by atoms with van der Waals surface area (Å²) in [6, 6.07) is 13.8. The van der Waals surface area contributed by atoms with E-state index in [1.165, 1.54) is 12.1 Å². The zero-order chi connectivity index (χ0) is 27.7. The summed E-state index contributed by atoms with van der Waals surface area (Å²) in [5.41, 5.74) is 2.42. The lowest BCUT2D eigenvalue weighted by Crippen LogP contribution is -2.41. The Bertz CT molecular complexity index is 1380. The predicted octanol–water partition coefficient (Wildman–Crippen LogP) is 6.26. The number of hydrogen-bond acceptors (Lipinski definition) is 4. The summed E-state index contributed by atoms with van der Waals surface area (Å²) in [7, 11) is 0. The van der Waals surface area contributed by atoms with Crippen LogP contribution in [0.2, 0.25) is 0 Å². The van der Waals surface area contributed by atoms with Crippen molar-refractivity contribution in [3.05, 3.63) is 83.2 Å². The minimum atomic E-state index is -1.50. The Morgan fingerprint density at radius 2 is 1.60 bits per heavy atom. The Morgan fingerprint density at radius 1 is 0.975 bits per heavy atom. The molecule has 0 aliphatic carbocycles. The molecule has 1 spiro atoms. The van der Waals surface area contributed by atoms with Crippen LogP contribution in [0.5, 0.6) is 5.75 Å². The summed E-state index contributed by atoms with van der Waals surface area (Å²) in [4.78, 5) is 28.1. The lowest BCUT2D eigenvalue weighted by molar-refractivity contribution is -0.118. The monoisotopic (exact) mass is 556 g/mol. The molecule has 2 aliphatic heterocycles. The van der Waals surface area contributed by atoms with E-state index in [4.69, 9.17) is 9.84 Å². The van der Waals surface area contributed by atoms with E-state index in [2.05, 4.69) is 4.90 Å². The molecule has 5 N–H and O–H groups in total. The van der Waals surface area contributed by atoms with Crippen molar-refractivity contribution in [3.8, 4) is 16.9 Å². The number of carbonyl (C=O) groups is 2. The van der Waals surface area contributed by atoms with Gasteiger partial charge in [-0.1, -0.05) is 0 Å². The van der Waals surface area contributed by atoms with Crippen LogP contribution in [0.15, 0.2) is 54.6 Å². The molecule has 40 heavy (non-hydrogen) atoms. The van der Waals surface area contributed by atoms with Gasteiger partial charge in [0.15, 0.2) is 17.5 Å². The van der Waals surface area contributed by atoms with E-state index in [1.54, 1.807) is 23.1 Å². The minimum Gasteiger partial charge on any atom is -0.494 e. The number of benzene rings is 3. The third-order valence-corrected chi connectivity index (χ3v) is 7.66. The number of quaternary nitrogens is 1. The van der Waals surface area contributed by atoms with Crippen LogP contribution in [0, 0.1) is 22.9 Å². The number of anilines is 1. The first-order valence-electron chi connectivity index (χ1n) is 12.9. The molecule has 3 aromatic carbocycles. The van der Waals surface area contributed by atoms with Gasteiger partial charge in [0.1, 0.15) is 5.75 Å². The van der Waals surface area contributed by atoms with Crippen LogP contribution in [-0.2, 0) is 11.3 Å². The van der Waals surface area contributed by atoms with Gasteiger partial charge in [-0.25, -0.2) is 18.0 Å². The summed E-state index contributed by atoms with van der Waals surface area (Å²) in [5.74, 6) is -4.38. The third kappa shape index (κ3) is 5.97. The summed E-state index contributed by atoms with van der Waals surface area (Å²) in [6.07, 6.45) is 2.11. The number of likely N-dealkylation sites (tertiary alicyclic amines) is 1. The molecule has 2 heterocycles.